The van der Waals surface area contributed by atoms with Gasteiger partial charge < -0.3 is 124 Å². The average Bonchev–Trinajstić information content (AvgIpc) is 0.787. The van der Waals surface area contributed by atoms with Crippen LogP contribution in [0.3, 0.4) is 0 Å². The monoisotopic (exact) mass is 1990 g/mol. The third-order valence-corrected chi connectivity index (χ3v) is 11.9. The van der Waals surface area contributed by atoms with Crippen LogP contribution in [0.2, 0.25) is 0 Å². The molecule has 0 heterocycles. The van der Waals surface area contributed by atoms with Crippen molar-refractivity contribution in [2.75, 3.05) is 156 Å². The molecule has 39 nitrogen and oxygen atoms in total. The molecule has 4 atom stereocenters. The minimum atomic E-state index is -5.49. The SMILES string of the molecule is CCCOC(=O)OCC.CCOC(=O)OC.CCOC(=O)OC.CCOC(=O)OCC.CCOCCC(=O)OCC.COC(=O)C(O)(OCCC(C)(F)F)C(F)(F)F.COC(=O)C(OCCC(C)(F)F)(OC(C)=O)C(F)(F)F.COC(=O)CCC(COC(C)(F)F)OC(C)=O.COC(=O)CCC(O)COC(C)(F)F.COC(=O)CCCOC(C)(F)F.COC(=O)CCOC(C)(F)F. The lowest BCUT2D eigenvalue weighted by Gasteiger charge is -2.31. The first-order valence-electron chi connectivity index (χ1n) is 38.5. The summed E-state index contributed by atoms with van der Waals surface area (Å²) in [4.78, 5) is 137. The Morgan fingerprint density at radius 3 is 0.985 bits per heavy atom. The topological polar surface area (TPSA) is 484 Å². The van der Waals surface area contributed by atoms with Crippen LogP contribution in [0.15, 0.2) is 0 Å². The standard InChI is InChI=1S/C10H13F5O5.C10H16F2O5.C8H11F5O4.C8H14F2O4.C7H12F2O3.C7H14O3.C6H10F2O3.C6H12O3.C5H10O3.2C4H8O3/c1-6(16)20-9(7(17)18-3,10(13,14)15)19-5-4-8(2,11)12;1-7(13)17-8(4-5-9(14)15-3)6-16-10(2,11)12;1-6(9,10)3-4-17-7(15,5(14)16-2)8(11,12)13;1-8(9,10)14-5-6(11)3-4-7(12)13-2;1-7(8,9)12-5-3-4-6(10)11-2;1-3-9-6-5-7(8)10-4-2;1-6(7,8)11-4-3-5(9)10-2;1-3-5-9-6(7)8-4-2;1-3-7-5(6)8-4-2;2*1-3-7-4(5)6-2/h4-5H2,1-3H3;8H,4-6H2,1-3H3;15H,3-4H2,1-2H3;6,11H,3-5H2,1-2H3;3-5H2,1-2H3;3-6H2,1-2H3;3-4H2,1-2H3;3-5H2,1-2H3;3-4H2,1-2H3;2*3H2,1-2H3. The molecule has 0 fully saturated rings. The number of hydrogen-bond donors (Lipinski definition) is 2. The van der Waals surface area contributed by atoms with Crippen molar-refractivity contribution in [3.8, 4) is 0 Å². The van der Waals surface area contributed by atoms with Crippen LogP contribution in [-0.2, 0) is 157 Å². The van der Waals surface area contributed by atoms with Gasteiger partial charge in [0.2, 0.25) is 11.8 Å². The Labute approximate surface area is 751 Å². The van der Waals surface area contributed by atoms with Gasteiger partial charge in [0.15, 0.2) is 0 Å². The predicted molar refractivity (Wildman–Crippen MR) is 414 cm³/mol. The maximum atomic E-state index is 12.9. The molecular weight excluding hydrogens is 1870 g/mol. The molecule has 57 heteroatoms. The molecule has 132 heavy (non-hydrogen) atoms. The maximum absolute atomic E-state index is 12.9. The maximum Gasteiger partial charge on any atom is 0.508 e. The third kappa shape index (κ3) is 109. The summed E-state index contributed by atoms with van der Waals surface area (Å²) in [5.41, 5.74) is 0. The largest absolute Gasteiger partial charge is 0.508 e. The van der Waals surface area contributed by atoms with E-state index in [1.165, 1.54) is 42.7 Å². The Bertz CT molecular complexity index is 2980. The van der Waals surface area contributed by atoms with E-state index in [0.717, 1.165) is 13.3 Å². The lowest BCUT2D eigenvalue weighted by Crippen LogP contribution is -2.58. The number of hydrogen-bond acceptors (Lipinski definition) is 39. The van der Waals surface area contributed by atoms with Gasteiger partial charge in [-0.2, -0.15) is 61.5 Å². The summed E-state index contributed by atoms with van der Waals surface area (Å²) < 4.78 is 324. The Balaban J connectivity index is -0.000000138. The van der Waals surface area contributed by atoms with E-state index >= 15 is 0 Å². The smallest absolute Gasteiger partial charge is 0.469 e. The molecule has 0 radical (unpaired) electrons. The Morgan fingerprint density at radius 1 is 0.318 bits per heavy atom. The zero-order chi connectivity index (χ0) is 106. The van der Waals surface area contributed by atoms with Crippen LogP contribution in [0.5, 0.6) is 0 Å². The number of aliphatic hydroxyl groups excluding tert-OH is 1. The van der Waals surface area contributed by atoms with Gasteiger partial charge in [0, 0.05) is 80.3 Å². The van der Waals surface area contributed by atoms with Crippen LogP contribution in [-0.4, -0.2) is 317 Å². The van der Waals surface area contributed by atoms with Crippen LogP contribution in [0.1, 0.15) is 181 Å². The van der Waals surface area contributed by atoms with Crippen molar-refractivity contribution in [3.63, 3.8) is 0 Å². The summed E-state index contributed by atoms with van der Waals surface area (Å²) in [5, 5.41) is 18.0. The first kappa shape index (κ1) is 146. The van der Waals surface area contributed by atoms with Gasteiger partial charge in [0.05, 0.1) is 168 Å². The summed E-state index contributed by atoms with van der Waals surface area (Å²) in [7, 11) is 8.60. The highest BCUT2D eigenvalue weighted by Crippen LogP contribution is 2.38. The highest BCUT2D eigenvalue weighted by atomic mass is 19.4. The van der Waals surface area contributed by atoms with E-state index in [-0.39, 0.29) is 64.1 Å². The molecule has 0 saturated carbocycles. The van der Waals surface area contributed by atoms with Crippen molar-refractivity contribution in [2.24, 2.45) is 0 Å². The van der Waals surface area contributed by atoms with E-state index in [1.807, 2.05) is 13.8 Å². The van der Waals surface area contributed by atoms with E-state index < -0.39 is 184 Å². The summed E-state index contributed by atoms with van der Waals surface area (Å²) in [6, 6.07) is 0. The van der Waals surface area contributed by atoms with Crippen LogP contribution in [0, 0.1) is 0 Å². The minimum absolute atomic E-state index is 0.0175. The molecule has 0 amide bonds. The van der Waals surface area contributed by atoms with Crippen LogP contribution in [0.4, 0.5) is 98.2 Å². The quantitative estimate of drug-likeness (QED) is 0.0188. The summed E-state index contributed by atoms with van der Waals surface area (Å²) in [5.74, 6) is -23.3. The number of halogens is 18. The zero-order valence-corrected chi connectivity index (χ0v) is 77.8. The van der Waals surface area contributed by atoms with E-state index in [2.05, 4.69) is 104 Å². The number of rotatable bonds is 45. The fraction of sp³-hybridized carbons (Fsp3) is 0.827. The molecule has 2 N–H and O–H groups in total. The van der Waals surface area contributed by atoms with Crippen LogP contribution < -0.4 is 0 Å². The van der Waals surface area contributed by atoms with Gasteiger partial charge in [-0.05, 0) is 88.0 Å². The second-order valence-corrected chi connectivity index (χ2v) is 24.0. The zero-order valence-electron chi connectivity index (χ0n) is 77.8. The number of carbonyl (C=O) groups is 13. The van der Waals surface area contributed by atoms with Gasteiger partial charge in [-0.25, -0.2) is 46.3 Å². The van der Waals surface area contributed by atoms with Gasteiger partial charge in [-0.1, -0.05) is 6.92 Å². The Kier molecular flexibility index (Phi) is 92.1. The van der Waals surface area contributed by atoms with Crippen LogP contribution >= 0.6 is 0 Å². The third-order valence-electron chi connectivity index (χ3n) is 11.9. The molecular formula is C75H128F18O39. The van der Waals surface area contributed by atoms with E-state index in [1.54, 1.807) is 41.5 Å². The second-order valence-electron chi connectivity index (χ2n) is 24.0. The Hall–Kier alpha value is -9.31. The number of alkyl halides is 18. The highest BCUT2D eigenvalue weighted by molar-refractivity contribution is 5.82. The minimum Gasteiger partial charge on any atom is -0.469 e. The highest BCUT2D eigenvalue weighted by Gasteiger charge is 2.67. The van der Waals surface area contributed by atoms with Crippen molar-refractivity contribution in [1.82, 2.24) is 0 Å². The first-order chi connectivity index (χ1) is 60.3. The molecule has 0 saturated heterocycles. The molecule has 0 bridgehead atoms. The van der Waals surface area contributed by atoms with E-state index in [0.29, 0.717) is 129 Å². The van der Waals surface area contributed by atoms with E-state index in [9.17, 15) is 141 Å². The molecule has 4 unspecified atom stereocenters. The van der Waals surface area contributed by atoms with E-state index in [4.69, 9.17) is 19.7 Å². The normalized spacial score (nSPS) is 12.2. The van der Waals surface area contributed by atoms with Gasteiger partial charge in [-0.3, -0.25) is 33.6 Å². The summed E-state index contributed by atoms with van der Waals surface area (Å²) in [6.45, 7) is 19.5. The second kappa shape index (κ2) is 83.5. The molecule has 0 aliphatic heterocycles. The molecule has 0 aliphatic rings. The van der Waals surface area contributed by atoms with Crippen LogP contribution in [0.25, 0.3) is 0 Å². The molecule has 0 aromatic heterocycles. The first-order valence-corrected chi connectivity index (χ1v) is 38.5. The van der Waals surface area contributed by atoms with Crippen molar-refractivity contribution < 1.29 is 265 Å². The number of methoxy groups -OCH3 is 8. The molecule has 0 aromatic carbocycles. The molecule has 788 valence electrons. The number of esters is 9. The lowest BCUT2D eigenvalue weighted by molar-refractivity contribution is -0.355. The number of carbonyl (C=O) groups excluding carboxylic acids is 13. The van der Waals surface area contributed by atoms with Gasteiger partial charge in [-0.15, -0.1) is 0 Å². The summed E-state index contributed by atoms with van der Waals surface area (Å²) >= 11 is 0. The molecule has 0 aliphatic carbocycles. The van der Waals surface area contributed by atoms with Gasteiger partial charge in [0.25, 0.3) is 0 Å². The molecule has 0 spiro atoms. The van der Waals surface area contributed by atoms with Gasteiger partial charge >= 0.3 is 127 Å². The molecule has 0 rings (SSSR count). The van der Waals surface area contributed by atoms with Crippen molar-refractivity contribution in [3.05, 3.63) is 0 Å². The van der Waals surface area contributed by atoms with Gasteiger partial charge in [0.1, 0.15) is 6.10 Å². The Morgan fingerprint density at radius 2 is 0.667 bits per heavy atom. The number of aliphatic hydroxyl groups is 2. The number of ether oxygens (including phenoxy) is 24. The summed E-state index contributed by atoms with van der Waals surface area (Å²) in [6.07, 6.45) is -28.9. The lowest BCUT2D eigenvalue weighted by atomic mass is 10.2. The predicted octanol–water partition coefficient (Wildman–Crippen LogP) is 14.0. The molecule has 0 aromatic rings. The average molecular weight is 2000 g/mol. The van der Waals surface area contributed by atoms with Crippen molar-refractivity contribution in [2.45, 2.75) is 254 Å². The fourth-order valence-electron chi connectivity index (χ4n) is 6.11. The fourth-order valence-corrected chi connectivity index (χ4v) is 6.11. The van der Waals surface area contributed by atoms with Crippen molar-refractivity contribution in [1.29, 1.82) is 0 Å². The van der Waals surface area contributed by atoms with Crippen molar-refractivity contribution >= 4 is 78.3 Å².